The molecule has 0 atom stereocenters. The van der Waals surface area contributed by atoms with Gasteiger partial charge in [-0.25, -0.2) is 4.98 Å². The van der Waals surface area contributed by atoms with Crippen molar-refractivity contribution >= 4 is 23.3 Å². The van der Waals surface area contributed by atoms with Crippen LogP contribution in [0, 0.1) is 6.92 Å². The van der Waals surface area contributed by atoms with E-state index < -0.39 is 0 Å². The number of pyridine rings is 1. The lowest BCUT2D eigenvalue weighted by Crippen LogP contribution is -2.19. The minimum atomic E-state index is -0.196. The summed E-state index contributed by atoms with van der Waals surface area (Å²) in [7, 11) is 0. The number of carbonyl (C=O) groups is 1. The molecule has 23 heavy (non-hydrogen) atoms. The highest BCUT2D eigenvalue weighted by Crippen LogP contribution is 2.23. The van der Waals surface area contributed by atoms with E-state index in [4.69, 9.17) is 4.42 Å². The van der Waals surface area contributed by atoms with Gasteiger partial charge in [-0.15, -0.1) is 11.3 Å². The Bertz CT molecular complexity index is 821. The smallest absolute Gasteiger partial charge is 0.244 e. The minimum Gasteiger partial charge on any atom is -0.458 e. The molecule has 0 spiro atoms. The Labute approximate surface area is 137 Å². The van der Waals surface area contributed by atoms with Crippen LogP contribution in [0.25, 0.3) is 17.5 Å². The molecule has 0 aliphatic carbocycles. The van der Waals surface area contributed by atoms with E-state index in [2.05, 4.69) is 15.3 Å². The van der Waals surface area contributed by atoms with Crippen molar-refractivity contribution in [2.24, 2.45) is 0 Å². The van der Waals surface area contributed by atoms with Gasteiger partial charge in [-0.1, -0.05) is 6.07 Å². The normalized spacial score (nSPS) is 11.0. The van der Waals surface area contributed by atoms with Crippen molar-refractivity contribution in [3.63, 3.8) is 0 Å². The Balaban J connectivity index is 1.55. The van der Waals surface area contributed by atoms with Gasteiger partial charge in [-0.2, -0.15) is 0 Å². The zero-order chi connectivity index (χ0) is 16.1. The molecule has 0 saturated heterocycles. The molecule has 0 aromatic carbocycles. The van der Waals surface area contributed by atoms with Crippen LogP contribution in [0.1, 0.15) is 16.5 Å². The molecule has 5 nitrogen and oxygen atoms in total. The van der Waals surface area contributed by atoms with Crippen LogP contribution in [0.4, 0.5) is 0 Å². The number of carbonyl (C=O) groups excluding carboxylic acids is 1. The second-order valence-corrected chi connectivity index (χ2v) is 5.89. The third-order valence-corrected chi connectivity index (χ3v) is 3.84. The maximum atomic E-state index is 11.8. The highest BCUT2D eigenvalue weighted by molar-refractivity contribution is 7.09. The lowest BCUT2D eigenvalue weighted by Gasteiger charge is -1.99. The predicted molar refractivity (Wildman–Crippen MR) is 89.7 cm³/mol. The van der Waals surface area contributed by atoms with E-state index in [0.29, 0.717) is 18.1 Å². The number of furan rings is 1. The van der Waals surface area contributed by atoms with Crippen molar-refractivity contribution in [3.8, 4) is 11.5 Å². The molecule has 3 heterocycles. The molecule has 3 aromatic heterocycles. The standard InChI is InChI=1S/C17H15N3O2S/c1-12-20-15(11-23-12)16-7-6-14(22-16)10-19-17(21)8-5-13-4-2-3-9-18-13/h2-9,11H,10H2,1H3,(H,19,21)/b8-5+. The summed E-state index contributed by atoms with van der Waals surface area (Å²) in [4.78, 5) is 20.3. The average Bonchev–Trinajstić information content (AvgIpc) is 3.20. The number of hydrogen-bond acceptors (Lipinski definition) is 5. The largest absolute Gasteiger partial charge is 0.458 e. The molecule has 0 fully saturated rings. The fourth-order valence-corrected chi connectivity index (χ4v) is 2.56. The van der Waals surface area contributed by atoms with E-state index >= 15 is 0 Å². The number of hydrogen-bond donors (Lipinski definition) is 1. The maximum absolute atomic E-state index is 11.8. The van der Waals surface area contributed by atoms with Gasteiger partial charge in [0, 0.05) is 17.7 Å². The van der Waals surface area contributed by atoms with E-state index in [1.807, 2.05) is 42.6 Å². The Morgan fingerprint density at radius 3 is 3.00 bits per heavy atom. The SMILES string of the molecule is Cc1nc(-c2ccc(CNC(=O)/C=C/c3ccccn3)o2)cs1. The summed E-state index contributed by atoms with van der Waals surface area (Å²) in [6.07, 6.45) is 4.80. The highest BCUT2D eigenvalue weighted by Gasteiger charge is 2.08. The van der Waals surface area contributed by atoms with Crippen molar-refractivity contribution in [2.75, 3.05) is 0 Å². The first-order chi connectivity index (χ1) is 11.2. The van der Waals surface area contributed by atoms with Crippen LogP contribution in [-0.2, 0) is 11.3 Å². The topological polar surface area (TPSA) is 68.0 Å². The second-order valence-electron chi connectivity index (χ2n) is 4.82. The first-order valence-corrected chi connectivity index (χ1v) is 7.97. The van der Waals surface area contributed by atoms with Crippen molar-refractivity contribution in [1.29, 1.82) is 0 Å². The number of aryl methyl sites for hydroxylation is 1. The number of nitrogens with zero attached hydrogens (tertiary/aromatic N) is 2. The number of rotatable bonds is 5. The Hall–Kier alpha value is -2.73. The van der Waals surface area contributed by atoms with E-state index in [1.165, 1.54) is 6.08 Å². The lowest BCUT2D eigenvalue weighted by atomic mass is 10.3. The number of amides is 1. The van der Waals surface area contributed by atoms with Gasteiger partial charge in [0.2, 0.25) is 5.91 Å². The van der Waals surface area contributed by atoms with Crippen molar-refractivity contribution < 1.29 is 9.21 Å². The van der Waals surface area contributed by atoms with E-state index in [0.717, 1.165) is 16.4 Å². The number of aromatic nitrogens is 2. The van der Waals surface area contributed by atoms with Gasteiger partial charge < -0.3 is 9.73 Å². The summed E-state index contributed by atoms with van der Waals surface area (Å²) in [5.74, 6) is 1.20. The van der Waals surface area contributed by atoms with Gasteiger partial charge in [0.1, 0.15) is 11.5 Å². The molecule has 0 unspecified atom stereocenters. The van der Waals surface area contributed by atoms with Gasteiger partial charge in [0.15, 0.2) is 5.76 Å². The maximum Gasteiger partial charge on any atom is 0.244 e. The molecule has 0 aliphatic rings. The lowest BCUT2D eigenvalue weighted by molar-refractivity contribution is -0.116. The Kier molecular flexibility index (Phi) is 4.63. The predicted octanol–water partition coefficient (Wildman–Crippen LogP) is 3.44. The van der Waals surface area contributed by atoms with Gasteiger partial charge in [-0.05, 0) is 37.3 Å². The van der Waals surface area contributed by atoms with Crippen LogP contribution in [0.2, 0.25) is 0 Å². The monoisotopic (exact) mass is 325 g/mol. The van der Waals surface area contributed by atoms with Gasteiger partial charge in [-0.3, -0.25) is 9.78 Å². The van der Waals surface area contributed by atoms with Crippen molar-refractivity contribution in [3.05, 3.63) is 64.4 Å². The fourth-order valence-electron chi connectivity index (χ4n) is 1.96. The third-order valence-electron chi connectivity index (χ3n) is 3.06. The zero-order valence-corrected chi connectivity index (χ0v) is 13.3. The van der Waals surface area contributed by atoms with Gasteiger partial charge >= 0.3 is 0 Å². The molecule has 116 valence electrons. The average molecular weight is 325 g/mol. The first kappa shape index (κ1) is 15.2. The van der Waals surface area contributed by atoms with Crippen molar-refractivity contribution in [2.45, 2.75) is 13.5 Å². The molecule has 3 aromatic rings. The summed E-state index contributed by atoms with van der Waals surface area (Å²) < 4.78 is 5.69. The van der Waals surface area contributed by atoms with Crippen LogP contribution in [0.3, 0.4) is 0 Å². The van der Waals surface area contributed by atoms with E-state index in [9.17, 15) is 4.79 Å². The first-order valence-electron chi connectivity index (χ1n) is 7.09. The zero-order valence-electron chi connectivity index (χ0n) is 12.5. The molecule has 3 rings (SSSR count). The Morgan fingerprint density at radius 1 is 1.35 bits per heavy atom. The van der Waals surface area contributed by atoms with E-state index in [-0.39, 0.29) is 5.91 Å². The third kappa shape index (κ3) is 4.14. The highest BCUT2D eigenvalue weighted by atomic mass is 32.1. The second kappa shape index (κ2) is 7.02. The molecule has 6 heteroatoms. The molecular weight excluding hydrogens is 310 g/mol. The van der Waals surface area contributed by atoms with Crippen molar-refractivity contribution in [1.82, 2.24) is 15.3 Å². The van der Waals surface area contributed by atoms with Crippen LogP contribution >= 0.6 is 11.3 Å². The fraction of sp³-hybridized carbons (Fsp3) is 0.118. The van der Waals surface area contributed by atoms with Crippen LogP contribution in [0.15, 0.2) is 52.4 Å². The molecule has 1 N–H and O–H groups in total. The number of thiazole rings is 1. The molecule has 0 saturated carbocycles. The van der Waals surface area contributed by atoms with Crippen LogP contribution in [-0.4, -0.2) is 15.9 Å². The summed E-state index contributed by atoms with van der Waals surface area (Å²) in [6.45, 7) is 2.28. The summed E-state index contributed by atoms with van der Waals surface area (Å²) in [5, 5.41) is 5.72. The molecular formula is C17H15N3O2S. The van der Waals surface area contributed by atoms with Gasteiger partial charge in [0.05, 0.1) is 17.2 Å². The summed E-state index contributed by atoms with van der Waals surface area (Å²) >= 11 is 1.58. The van der Waals surface area contributed by atoms with Crippen LogP contribution < -0.4 is 5.32 Å². The van der Waals surface area contributed by atoms with E-state index in [1.54, 1.807) is 23.6 Å². The van der Waals surface area contributed by atoms with Gasteiger partial charge in [0.25, 0.3) is 0 Å². The molecule has 0 bridgehead atoms. The quantitative estimate of drug-likeness (QED) is 0.730. The molecule has 1 amide bonds. The molecule has 0 radical (unpaired) electrons. The number of nitrogens with one attached hydrogen (secondary N) is 1. The van der Waals surface area contributed by atoms with Crippen LogP contribution in [0.5, 0.6) is 0 Å². The summed E-state index contributed by atoms with van der Waals surface area (Å²) in [6, 6.07) is 9.23. The molecule has 0 aliphatic heterocycles. The minimum absolute atomic E-state index is 0.196. The summed E-state index contributed by atoms with van der Waals surface area (Å²) in [5.41, 5.74) is 1.56. The Morgan fingerprint density at radius 2 is 2.26 bits per heavy atom.